The number of hydrogen-bond donors (Lipinski definition) is 1. The van der Waals surface area contributed by atoms with Crippen molar-refractivity contribution in [1.29, 1.82) is 0 Å². The van der Waals surface area contributed by atoms with E-state index in [1.165, 1.54) is 11.3 Å². The van der Waals surface area contributed by atoms with E-state index >= 15 is 0 Å². The van der Waals surface area contributed by atoms with Crippen molar-refractivity contribution < 1.29 is 4.79 Å². The van der Waals surface area contributed by atoms with Gasteiger partial charge in [0.2, 0.25) is 5.91 Å². The highest BCUT2D eigenvalue weighted by Crippen LogP contribution is 2.18. The summed E-state index contributed by atoms with van der Waals surface area (Å²) >= 11 is 0. The highest BCUT2D eigenvalue weighted by molar-refractivity contribution is 5.85. The molecule has 0 aliphatic carbocycles. The minimum Gasteiger partial charge on any atom is -0.368 e. The minimum atomic E-state index is -0.460. The van der Waals surface area contributed by atoms with Crippen LogP contribution in [0.4, 0.5) is 5.69 Å². The van der Waals surface area contributed by atoms with Crippen LogP contribution in [0.2, 0.25) is 0 Å². The zero-order chi connectivity index (χ0) is 16.9. The smallest absolute Gasteiger partial charge is 0.239 e. The van der Waals surface area contributed by atoms with E-state index in [2.05, 4.69) is 36.1 Å². The summed E-state index contributed by atoms with van der Waals surface area (Å²) in [6, 6.07) is 18.0. The molecule has 0 spiro atoms. The summed E-state index contributed by atoms with van der Waals surface area (Å²) in [5.74, 6) is 0.0581. The Morgan fingerprint density at radius 2 is 1.65 bits per heavy atom. The molecule has 4 nitrogen and oxygen atoms in total. The number of nitrogens with two attached hydrogens (primary N) is 1. The van der Waals surface area contributed by atoms with Crippen molar-refractivity contribution in [3.63, 3.8) is 0 Å². The molecule has 2 N–H and O–H groups in total. The summed E-state index contributed by atoms with van der Waals surface area (Å²) in [5, 5.41) is 0. The zero-order valence-electron chi connectivity index (χ0n) is 15.0. The van der Waals surface area contributed by atoms with Crippen LogP contribution in [0.3, 0.4) is 0 Å². The van der Waals surface area contributed by atoms with Gasteiger partial charge in [0, 0.05) is 31.9 Å². The van der Waals surface area contributed by atoms with Crippen molar-refractivity contribution in [3.05, 3.63) is 65.7 Å². The molecule has 0 bridgehead atoms. The maximum Gasteiger partial charge on any atom is 0.239 e. The van der Waals surface area contributed by atoms with E-state index < -0.39 is 6.04 Å². The summed E-state index contributed by atoms with van der Waals surface area (Å²) in [6.07, 6.45) is 0.595. The number of benzene rings is 2. The number of carbonyl (C=O) groups is 1. The van der Waals surface area contributed by atoms with Gasteiger partial charge in [-0.25, -0.2) is 0 Å². The lowest BCUT2D eigenvalue weighted by Gasteiger charge is -2.37. The van der Waals surface area contributed by atoms with Crippen LogP contribution >= 0.6 is 24.8 Å². The number of nitrogens with zero attached hydrogens (tertiary/aromatic N) is 2. The first-order valence-electron chi connectivity index (χ1n) is 8.53. The van der Waals surface area contributed by atoms with Crippen LogP contribution in [0.1, 0.15) is 11.1 Å². The predicted molar refractivity (Wildman–Crippen MR) is 113 cm³/mol. The Labute approximate surface area is 168 Å². The second-order valence-corrected chi connectivity index (χ2v) is 6.45. The average Bonchev–Trinajstić information content (AvgIpc) is 2.62. The minimum absolute atomic E-state index is 0. The number of amides is 1. The maximum atomic E-state index is 12.6. The van der Waals surface area contributed by atoms with Gasteiger partial charge in [-0.15, -0.1) is 24.8 Å². The van der Waals surface area contributed by atoms with E-state index in [1.54, 1.807) is 0 Å². The Morgan fingerprint density at radius 3 is 2.27 bits per heavy atom. The lowest BCUT2D eigenvalue weighted by molar-refractivity contribution is -0.132. The van der Waals surface area contributed by atoms with Gasteiger partial charge in [-0.05, 0) is 36.6 Å². The third kappa shape index (κ3) is 5.63. The van der Waals surface area contributed by atoms with Gasteiger partial charge in [0.15, 0.2) is 0 Å². The van der Waals surface area contributed by atoms with Crippen LogP contribution in [0.25, 0.3) is 0 Å². The first-order valence-corrected chi connectivity index (χ1v) is 8.53. The quantitative estimate of drug-likeness (QED) is 0.864. The van der Waals surface area contributed by atoms with Crippen molar-refractivity contribution in [2.45, 2.75) is 19.4 Å². The van der Waals surface area contributed by atoms with Gasteiger partial charge < -0.3 is 15.5 Å². The molecule has 1 amide bonds. The molecule has 1 aliphatic rings. The molecule has 142 valence electrons. The molecule has 2 aromatic carbocycles. The van der Waals surface area contributed by atoms with E-state index in [9.17, 15) is 4.79 Å². The molecule has 1 heterocycles. The predicted octanol–water partition coefficient (Wildman–Crippen LogP) is 3.06. The number of piperazine rings is 1. The Hall–Kier alpha value is -1.75. The van der Waals surface area contributed by atoms with Crippen LogP contribution in [0, 0.1) is 6.92 Å². The number of rotatable bonds is 4. The van der Waals surface area contributed by atoms with Crippen molar-refractivity contribution in [1.82, 2.24) is 4.90 Å². The van der Waals surface area contributed by atoms with Crippen molar-refractivity contribution in [3.8, 4) is 0 Å². The summed E-state index contributed by atoms with van der Waals surface area (Å²) in [7, 11) is 0. The van der Waals surface area contributed by atoms with Crippen LogP contribution < -0.4 is 10.6 Å². The van der Waals surface area contributed by atoms with Gasteiger partial charge in [-0.2, -0.15) is 0 Å². The Bertz CT molecular complexity index is 688. The number of anilines is 1. The van der Waals surface area contributed by atoms with Crippen molar-refractivity contribution in [2.75, 3.05) is 31.1 Å². The van der Waals surface area contributed by atoms with Gasteiger partial charge in [0.1, 0.15) is 0 Å². The largest absolute Gasteiger partial charge is 0.368 e. The summed E-state index contributed by atoms with van der Waals surface area (Å²) in [5.41, 5.74) is 9.74. The highest BCUT2D eigenvalue weighted by atomic mass is 35.5. The summed E-state index contributed by atoms with van der Waals surface area (Å²) in [6.45, 7) is 5.27. The molecule has 1 atom stereocenters. The molecule has 1 aliphatic heterocycles. The number of aryl methyl sites for hydroxylation is 1. The van der Waals surface area contributed by atoms with Crippen molar-refractivity contribution in [2.24, 2.45) is 5.73 Å². The molecule has 6 heteroatoms. The molecule has 1 unspecified atom stereocenters. The fourth-order valence-electron chi connectivity index (χ4n) is 3.20. The topological polar surface area (TPSA) is 49.6 Å². The average molecular weight is 396 g/mol. The first kappa shape index (κ1) is 22.3. The molecule has 0 saturated carbocycles. The molecule has 1 fully saturated rings. The number of carbonyl (C=O) groups excluding carboxylic acids is 1. The Kier molecular flexibility index (Phi) is 8.93. The van der Waals surface area contributed by atoms with Crippen LogP contribution in [-0.2, 0) is 11.2 Å². The second-order valence-electron chi connectivity index (χ2n) is 6.45. The molecule has 3 rings (SSSR count). The molecular weight excluding hydrogens is 369 g/mol. The lowest BCUT2D eigenvalue weighted by Crippen LogP contribution is -2.53. The fraction of sp³-hybridized carbons (Fsp3) is 0.350. The Balaban J connectivity index is 0.00000169. The normalized spacial score (nSPS) is 14.8. The van der Waals surface area contributed by atoms with E-state index in [0.29, 0.717) is 6.42 Å². The van der Waals surface area contributed by atoms with Crippen molar-refractivity contribution >= 4 is 36.4 Å². The fourth-order valence-corrected chi connectivity index (χ4v) is 3.20. The Morgan fingerprint density at radius 1 is 1.00 bits per heavy atom. The van der Waals surface area contributed by atoms with Gasteiger partial charge in [-0.3, -0.25) is 4.79 Å². The second kappa shape index (κ2) is 10.4. The van der Waals surface area contributed by atoms with Gasteiger partial charge >= 0.3 is 0 Å². The maximum absolute atomic E-state index is 12.6. The van der Waals surface area contributed by atoms with Gasteiger partial charge in [-0.1, -0.05) is 42.5 Å². The monoisotopic (exact) mass is 395 g/mol. The summed E-state index contributed by atoms with van der Waals surface area (Å²) < 4.78 is 0. The third-order valence-electron chi connectivity index (χ3n) is 4.57. The standard InChI is InChI=1S/C20H25N3O.2ClH/c1-16-6-5-9-18(14-16)22-10-12-23(13-11-22)20(24)19(21)15-17-7-3-2-4-8-17;;/h2-9,14,19H,10-13,15,21H2,1H3;2*1H. The van der Waals surface area contributed by atoms with E-state index in [-0.39, 0.29) is 30.7 Å². The molecule has 26 heavy (non-hydrogen) atoms. The lowest BCUT2D eigenvalue weighted by atomic mass is 10.1. The van der Waals surface area contributed by atoms with E-state index in [0.717, 1.165) is 31.7 Å². The highest BCUT2D eigenvalue weighted by Gasteiger charge is 2.25. The van der Waals surface area contributed by atoms with E-state index in [1.807, 2.05) is 35.2 Å². The molecule has 0 radical (unpaired) electrons. The van der Waals surface area contributed by atoms with Crippen LogP contribution in [0.5, 0.6) is 0 Å². The number of halogens is 2. The van der Waals surface area contributed by atoms with Crippen LogP contribution in [0.15, 0.2) is 54.6 Å². The third-order valence-corrected chi connectivity index (χ3v) is 4.57. The van der Waals surface area contributed by atoms with Gasteiger partial charge in [0.25, 0.3) is 0 Å². The van der Waals surface area contributed by atoms with E-state index in [4.69, 9.17) is 5.73 Å². The summed E-state index contributed by atoms with van der Waals surface area (Å²) in [4.78, 5) is 16.8. The van der Waals surface area contributed by atoms with Crippen LogP contribution in [-0.4, -0.2) is 43.0 Å². The first-order chi connectivity index (χ1) is 11.6. The molecule has 0 aromatic heterocycles. The molecule has 2 aromatic rings. The number of hydrogen-bond acceptors (Lipinski definition) is 3. The SMILES string of the molecule is Cc1cccc(N2CCN(C(=O)C(N)Cc3ccccc3)CC2)c1.Cl.Cl. The zero-order valence-corrected chi connectivity index (χ0v) is 16.6. The molecular formula is C20H27Cl2N3O. The molecule has 1 saturated heterocycles. The van der Waals surface area contributed by atoms with Gasteiger partial charge in [0.05, 0.1) is 6.04 Å².